The zero-order valence-corrected chi connectivity index (χ0v) is 17.4. The topological polar surface area (TPSA) is 75.2 Å². The van der Waals surface area contributed by atoms with Gasteiger partial charge in [0.1, 0.15) is 5.01 Å². The first-order valence-corrected chi connectivity index (χ1v) is 10.0. The number of nitrogens with zero attached hydrogens (tertiary/aromatic N) is 3. The Morgan fingerprint density at radius 2 is 2.11 bits per heavy atom. The predicted octanol–water partition coefficient (Wildman–Crippen LogP) is 4.40. The summed E-state index contributed by atoms with van der Waals surface area (Å²) in [5, 5.41) is 12.9. The van der Waals surface area contributed by atoms with Crippen LogP contribution in [0.15, 0.2) is 18.2 Å². The first kappa shape index (κ1) is 19.8. The van der Waals surface area contributed by atoms with Gasteiger partial charge in [0.05, 0.1) is 0 Å². The number of aromatic nitrogens is 2. The molecular weight excluding hydrogens is 384 g/mol. The third-order valence-electron chi connectivity index (χ3n) is 4.32. The molecule has 27 heavy (non-hydrogen) atoms. The highest BCUT2D eigenvalue weighted by atomic mass is 35.5. The van der Waals surface area contributed by atoms with Crippen molar-refractivity contribution in [3.05, 3.63) is 33.8 Å². The summed E-state index contributed by atoms with van der Waals surface area (Å²) in [6.07, 6.45) is 0.780. The Morgan fingerprint density at radius 1 is 1.37 bits per heavy atom. The molecular formula is C19H23ClN4O2S. The van der Waals surface area contributed by atoms with Crippen LogP contribution in [0.4, 0.5) is 10.8 Å². The van der Waals surface area contributed by atoms with Crippen molar-refractivity contribution in [2.24, 2.45) is 5.41 Å². The second kappa shape index (κ2) is 7.56. The van der Waals surface area contributed by atoms with Gasteiger partial charge >= 0.3 is 0 Å². The minimum atomic E-state index is -0.0920. The van der Waals surface area contributed by atoms with Gasteiger partial charge in [-0.05, 0) is 30.0 Å². The number of benzene rings is 1. The summed E-state index contributed by atoms with van der Waals surface area (Å²) in [6, 6.07) is 5.63. The van der Waals surface area contributed by atoms with E-state index in [9.17, 15) is 9.59 Å². The third-order valence-corrected chi connectivity index (χ3v) is 5.73. The molecule has 2 aromatic rings. The van der Waals surface area contributed by atoms with Crippen LogP contribution in [0.5, 0.6) is 0 Å². The van der Waals surface area contributed by atoms with E-state index in [1.807, 2.05) is 45.9 Å². The molecule has 3 rings (SSSR count). The predicted molar refractivity (Wildman–Crippen MR) is 109 cm³/mol. The maximum absolute atomic E-state index is 12.5. The van der Waals surface area contributed by atoms with E-state index in [0.717, 1.165) is 16.3 Å². The summed E-state index contributed by atoms with van der Waals surface area (Å²) in [5.74, 6) is -0.0830. The highest BCUT2D eigenvalue weighted by molar-refractivity contribution is 7.15. The van der Waals surface area contributed by atoms with E-state index in [1.54, 1.807) is 4.90 Å². The summed E-state index contributed by atoms with van der Waals surface area (Å²) in [7, 11) is 0. The van der Waals surface area contributed by atoms with Gasteiger partial charge in [0.25, 0.3) is 0 Å². The van der Waals surface area contributed by atoms with Gasteiger partial charge in [0.15, 0.2) is 0 Å². The molecule has 1 fully saturated rings. The number of carbonyl (C=O) groups is 2. The summed E-state index contributed by atoms with van der Waals surface area (Å²) in [4.78, 5) is 26.3. The van der Waals surface area contributed by atoms with Crippen molar-refractivity contribution in [3.8, 4) is 0 Å². The van der Waals surface area contributed by atoms with E-state index < -0.39 is 0 Å². The second-order valence-electron chi connectivity index (χ2n) is 8.07. The lowest BCUT2D eigenvalue weighted by atomic mass is 9.92. The Morgan fingerprint density at radius 3 is 2.78 bits per heavy atom. The molecule has 8 heteroatoms. The van der Waals surface area contributed by atoms with Crippen molar-refractivity contribution in [1.29, 1.82) is 0 Å². The first-order valence-electron chi connectivity index (χ1n) is 8.82. The lowest BCUT2D eigenvalue weighted by molar-refractivity contribution is -0.118. The number of amides is 2. The van der Waals surface area contributed by atoms with Gasteiger partial charge in [-0.25, -0.2) is 0 Å². The molecule has 1 aliphatic heterocycles. The average Bonchev–Trinajstić information content (AvgIpc) is 3.15. The number of rotatable bonds is 4. The Bertz CT molecular complexity index is 875. The monoisotopic (exact) mass is 406 g/mol. The fourth-order valence-corrected chi connectivity index (χ4v) is 3.99. The Kier molecular flexibility index (Phi) is 5.53. The van der Waals surface area contributed by atoms with Crippen LogP contribution in [0.1, 0.15) is 50.1 Å². The molecule has 1 aliphatic rings. The van der Waals surface area contributed by atoms with E-state index in [1.165, 1.54) is 11.3 Å². The van der Waals surface area contributed by atoms with E-state index in [4.69, 9.17) is 11.6 Å². The average molecular weight is 407 g/mol. The molecule has 0 unspecified atom stereocenters. The van der Waals surface area contributed by atoms with E-state index >= 15 is 0 Å². The fourth-order valence-electron chi connectivity index (χ4n) is 2.97. The molecule has 1 saturated heterocycles. The smallest absolute Gasteiger partial charge is 0.227 e. The first-order chi connectivity index (χ1) is 12.6. The van der Waals surface area contributed by atoms with Crippen LogP contribution < -0.4 is 10.2 Å². The number of hydrogen-bond acceptors (Lipinski definition) is 5. The fraction of sp³-hybridized carbons (Fsp3) is 0.474. The summed E-state index contributed by atoms with van der Waals surface area (Å²) in [5.41, 5.74) is 1.68. The van der Waals surface area contributed by atoms with Crippen LogP contribution in [0.25, 0.3) is 0 Å². The summed E-state index contributed by atoms with van der Waals surface area (Å²) < 4.78 is 0. The zero-order chi connectivity index (χ0) is 19.8. The van der Waals surface area contributed by atoms with Crippen LogP contribution in [0.2, 0.25) is 5.02 Å². The standard InChI is InChI=1S/C19H23ClN4O2S/c1-11-5-6-13(8-14(11)20)24-10-12(7-16(24)26)17-22-23-18(27-17)21-15(25)9-19(2,3)4/h5-6,8,12H,7,9-10H2,1-4H3,(H,21,23,25)/t12-/m0/s1. The molecule has 1 aromatic heterocycles. The molecule has 1 aromatic carbocycles. The van der Waals surface area contributed by atoms with Crippen LogP contribution in [0.3, 0.4) is 0 Å². The molecule has 2 heterocycles. The maximum Gasteiger partial charge on any atom is 0.227 e. The van der Waals surface area contributed by atoms with Gasteiger partial charge in [-0.1, -0.05) is 49.8 Å². The van der Waals surface area contributed by atoms with Crippen molar-refractivity contribution in [2.75, 3.05) is 16.8 Å². The molecule has 0 aliphatic carbocycles. The minimum Gasteiger partial charge on any atom is -0.312 e. The summed E-state index contributed by atoms with van der Waals surface area (Å²) >= 11 is 7.52. The van der Waals surface area contributed by atoms with Crippen molar-refractivity contribution >= 4 is 45.6 Å². The normalized spacial score (nSPS) is 17.4. The van der Waals surface area contributed by atoms with Gasteiger partial charge in [0, 0.05) is 36.0 Å². The summed E-state index contributed by atoms with van der Waals surface area (Å²) in [6.45, 7) is 8.48. The Labute approximate surface area is 167 Å². The number of aryl methyl sites for hydroxylation is 1. The highest BCUT2D eigenvalue weighted by Gasteiger charge is 2.34. The van der Waals surface area contributed by atoms with Crippen molar-refractivity contribution in [3.63, 3.8) is 0 Å². The molecule has 0 saturated carbocycles. The molecule has 1 atom stereocenters. The lowest BCUT2D eigenvalue weighted by Gasteiger charge is -2.17. The van der Waals surface area contributed by atoms with Crippen molar-refractivity contribution in [2.45, 2.75) is 46.5 Å². The number of hydrogen-bond donors (Lipinski definition) is 1. The molecule has 0 radical (unpaired) electrons. The largest absolute Gasteiger partial charge is 0.312 e. The van der Waals surface area contributed by atoms with Crippen molar-refractivity contribution < 1.29 is 9.59 Å². The molecule has 2 amide bonds. The number of carbonyl (C=O) groups excluding carboxylic acids is 2. The SMILES string of the molecule is Cc1ccc(N2C[C@@H](c3nnc(NC(=O)CC(C)(C)C)s3)CC2=O)cc1Cl. The highest BCUT2D eigenvalue weighted by Crippen LogP contribution is 2.35. The van der Waals surface area contributed by atoms with Crippen LogP contribution in [-0.4, -0.2) is 28.6 Å². The molecule has 0 spiro atoms. The van der Waals surface area contributed by atoms with Gasteiger partial charge in [0.2, 0.25) is 16.9 Å². The minimum absolute atomic E-state index is 0.0356. The van der Waals surface area contributed by atoms with Gasteiger partial charge in [-0.15, -0.1) is 10.2 Å². The van der Waals surface area contributed by atoms with Crippen LogP contribution >= 0.6 is 22.9 Å². The van der Waals surface area contributed by atoms with Gasteiger partial charge in [-0.2, -0.15) is 0 Å². The number of nitrogens with one attached hydrogen (secondary N) is 1. The van der Waals surface area contributed by atoms with Gasteiger partial charge in [-0.3, -0.25) is 9.59 Å². The van der Waals surface area contributed by atoms with Gasteiger partial charge < -0.3 is 10.2 Å². The molecule has 144 valence electrons. The van der Waals surface area contributed by atoms with Crippen LogP contribution in [-0.2, 0) is 9.59 Å². The van der Waals surface area contributed by atoms with Crippen LogP contribution in [0, 0.1) is 12.3 Å². The number of anilines is 2. The lowest BCUT2D eigenvalue weighted by Crippen LogP contribution is -2.24. The molecule has 0 bridgehead atoms. The van der Waals surface area contributed by atoms with E-state index in [0.29, 0.717) is 29.5 Å². The van der Waals surface area contributed by atoms with E-state index in [-0.39, 0.29) is 23.1 Å². The maximum atomic E-state index is 12.5. The molecule has 1 N–H and O–H groups in total. The molecule has 6 nitrogen and oxygen atoms in total. The third kappa shape index (κ3) is 4.84. The Balaban J connectivity index is 1.68. The quantitative estimate of drug-likeness (QED) is 0.816. The zero-order valence-electron chi connectivity index (χ0n) is 15.9. The Hall–Kier alpha value is -1.99. The van der Waals surface area contributed by atoms with Crippen molar-refractivity contribution in [1.82, 2.24) is 10.2 Å². The van der Waals surface area contributed by atoms with E-state index in [2.05, 4.69) is 15.5 Å². The second-order valence-corrected chi connectivity index (χ2v) is 9.49. The number of halogens is 1.